The van der Waals surface area contributed by atoms with Crippen molar-refractivity contribution in [1.29, 1.82) is 0 Å². The lowest BCUT2D eigenvalue weighted by molar-refractivity contribution is -0.116. The zero-order valence-corrected chi connectivity index (χ0v) is 15.8. The number of anilines is 2. The second-order valence-electron chi connectivity index (χ2n) is 6.61. The van der Waals surface area contributed by atoms with Crippen LogP contribution in [0, 0.1) is 0 Å². The first-order valence-electron chi connectivity index (χ1n) is 8.54. The van der Waals surface area contributed by atoms with Crippen LogP contribution < -0.4 is 14.9 Å². The standard InChI is InChI=1S/C19H23N3O3S/c1-22(2)16-8-6-14(7-9-16)13-20-26(24,25)17-10-11-18-15(12-17)4-3-5-19(23)21-18/h6-12,20H,3-5,13H2,1-2H3,(H,21,23). The molecule has 1 aliphatic rings. The molecule has 26 heavy (non-hydrogen) atoms. The lowest BCUT2D eigenvalue weighted by atomic mass is 10.1. The number of sulfonamides is 1. The molecular weight excluding hydrogens is 350 g/mol. The minimum atomic E-state index is -3.62. The van der Waals surface area contributed by atoms with Gasteiger partial charge in [0.05, 0.1) is 4.90 Å². The third-order valence-electron chi connectivity index (χ3n) is 4.43. The average Bonchev–Trinajstić information content (AvgIpc) is 2.80. The van der Waals surface area contributed by atoms with E-state index >= 15 is 0 Å². The maximum Gasteiger partial charge on any atom is 0.240 e. The first-order valence-corrected chi connectivity index (χ1v) is 10.0. The molecule has 0 unspecified atom stereocenters. The van der Waals surface area contributed by atoms with Crippen molar-refractivity contribution in [3.63, 3.8) is 0 Å². The zero-order valence-electron chi connectivity index (χ0n) is 15.0. The number of fused-ring (bicyclic) bond motifs is 1. The number of hydrogen-bond donors (Lipinski definition) is 2. The number of rotatable bonds is 5. The molecule has 0 spiro atoms. The molecule has 2 N–H and O–H groups in total. The molecule has 7 heteroatoms. The molecular formula is C19H23N3O3S. The third kappa shape index (κ3) is 4.23. The Balaban J connectivity index is 1.74. The van der Waals surface area contributed by atoms with E-state index in [0.717, 1.165) is 16.8 Å². The van der Waals surface area contributed by atoms with Crippen molar-refractivity contribution in [3.8, 4) is 0 Å². The number of carbonyl (C=O) groups excluding carboxylic acids is 1. The Morgan fingerprint density at radius 2 is 1.81 bits per heavy atom. The fourth-order valence-corrected chi connectivity index (χ4v) is 3.96. The number of nitrogens with one attached hydrogen (secondary N) is 2. The van der Waals surface area contributed by atoms with Crippen molar-refractivity contribution in [3.05, 3.63) is 53.6 Å². The molecule has 1 heterocycles. The van der Waals surface area contributed by atoms with Gasteiger partial charge in [0.1, 0.15) is 0 Å². The number of hydrogen-bond acceptors (Lipinski definition) is 4. The summed E-state index contributed by atoms with van der Waals surface area (Å²) in [5, 5.41) is 2.82. The largest absolute Gasteiger partial charge is 0.378 e. The van der Waals surface area contributed by atoms with Gasteiger partial charge in [0, 0.05) is 38.4 Å². The Labute approximate surface area is 154 Å². The van der Waals surface area contributed by atoms with Gasteiger partial charge in [0.15, 0.2) is 0 Å². The highest BCUT2D eigenvalue weighted by Crippen LogP contribution is 2.25. The predicted molar refractivity (Wildman–Crippen MR) is 103 cm³/mol. The first-order chi connectivity index (χ1) is 12.3. The van der Waals surface area contributed by atoms with Crippen LogP contribution in [-0.4, -0.2) is 28.4 Å². The molecule has 3 rings (SSSR count). The van der Waals surface area contributed by atoms with Crippen LogP contribution in [0.25, 0.3) is 0 Å². The molecule has 0 fully saturated rings. The number of carbonyl (C=O) groups is 1. The van der Waals surface area contributed by atoms with Crippen molar-refractivity contribution in [1.82, 2.24) is 4.72 Å². The second kappa shape index (κ2) is 7.47. The normalized spacial score (nSPS) is 14.3. The SMILES string of the molecule is CN(C)c1ccc(CNS(=O)(=O)c2ccc3c(c2)CCCC(=O)N3)cc1. The van der Waals surface area contributed by atoms with Crippen LogP contribution in [0.5, 0.6) is 0 Å². The van der Waals surface area contributed by atoms with Crippen molar-refractivity contribution in [2.45, 2.75) is 30.7 Å². The van der Waals surface area contributed by atoms with E-state index < -0.39 is 10.0 Å². The molecule has 1 aliphatic heterocycles. The van der Waals surface area contributed by atoms with Crippen molar-refractivity contribution in [2.75, 3.05) is 24.3 Å². The van der Waals surface area contributed by atoms with Gasteiger partial charge in [-0.1, -0.05) is 12.1 Å². The predicted octanol–water partition coefficient (Wildman–Crippen LogP) is 2.51. The summed E-state index contributed by atoms with van der Waals surface area (Å²) in [5.41, 5.74) is 3.50. The fourth-order valence-electron chi connectivity index (χ4n) is 2.89. The van der Waals surface area contributed by atoms with Crippen molar-refractivity contribution < 1.29 is 13.2 Å². The van der Waals surface area contributed by atoms with E-state index in [0.29, 0.717) is 24.9 Å². The van der Waals surface area contributed by atoms with E-state index in [1.165, 1.54) is 6.07 Å². The molecule has 0 saturated heterocycles. The van der Waals surface area contributed by atoms with Crippen LogP contribution >= 0.6 is 0 Å². The van der Waals surface area contributed by atoms with E-state index in [1.54, 1.807) is 12.1 Å². The minimum Gasteiger partial charge on any atom is -0.378 e. The second-order valence-corrected chi connectivity index (χ2v) is 8.37. The van der Waals surface area contributed by atoms with Gasteiger partial charge in [0.25, 0.3) is 0 Å². The highest BCUT2D eigenvalue weighted by Gasteiger charge is 2.18. The molecule has 0 radical (unpaired) electrons. The summed E-state index contributed by atoms with van der Waals surface area (Å²) in [7, 11) is 0.297. The summed E-state index contributed by atoms with van der Waals surface area (Å²) >= 11 is 0. The summed E-state index contributed by atoms with van der Waals surface area (Å²) in [5.74, 6) is -0.0290. The minimum absolute atomic E-state index is 0.0290. The molecule has 0 aromatic heterocycles. The van der Waals surface area contributed by atoms with Gasteiger partial charge >= 0.3 is 0 Å². The molecule has 6 nitrogen and oxygen atoms in total. The molecule has 1 amide bonds. The first kappa shape index (κ1) is 18.4. The van der Waals surface area contributed by atoms with Crippen molar-refractivity contribution >= 4 is 27.3 Å². The van der Waals surface area contributed by atoms with Gasteiger partial charge in [-0.2, -0.15) is 0 Å². The molecule has 0 saturated carbocycles. The summed E-state index contributed by atoms with van der Waals surface area (Å²) in [6, 6.07) is 12.6. The third-order valence-corrected chi connectivity index (χ3v) is 5.83. The zero-order chi connectivity index (χ0) is 18.7. The molecule has 2 aromatic rings. The van der Waals surface area contributed by atoms with Crippen LogP contribution in [0.4, 0.5) is 11.4 Å². The Hall–Kier alpha value is -2.38. The Morgan fingerprint density at radius 1 is 1.08 bits per heavy atom. The number of amides is 1. The lowest BCUT2D eigenvalue weighted by Crippen LogP contribution is -2.23. The average molecular weight is 373 g/mol. The molecule has 0 bridgehead atoms. The lowest BCUT2D eigenvalue weighted by Gasteiger charge is -2.13. The van der Waals surface area contributed by atoms with Gasteiger partial charge in [-0.25, -0.2) is 13.1 Å². The Morgan fingerprint density at radius 3 is 2.50 bits per heavy atom. The molecule has 2 aromatic carbocycles. The monoisotopic (exact) mass is 373 g/mol. The smallest absolute Gasteiger partial charge is 0.240 e. The topological polar surface area (TPSA) is 78.5 Å². The van der Waals surface area contributed by atoms with Crippen LogP contribution in [0.2, 0.25) is 0 Å². The van der Waals surface area contributed by atoms with E-state index in [4.69, 9.17) is 0 Å². The van der Waals surface area contributed by atoms with Crippen LogP contribution in [0.3, 0.4) is 0 Å². The van der Waals surface area contributed by atoms with Crippen LogP contribution in [0.15, 0.2) is 47.4 Å². The van der Waals surface area contributed by atoms with Crippen molar-refractivity contribution in [2.24, 2.45) is 0 Å². The Kier molecular flexibility index (Phi) is 5.29. The highest BCUT2D eigenvalue weighted by molar-refractivity contribution is 7.89. The Bertz CT molecular complexity index is 906. The fraction of sp³-hybridized carbons (Fsp3) is 0.316. The quantitative estimate of drug-likeness (QED) is 0.844. The van der Waals surface area contributed by atoms with Gasteiger partial charge in [0.2, 0.25) is 15.9 Å². The number of nitrogens with zero attached hydrogens (tertiary/aromatic N) is 1. The summed E-state index contributed by atoms with van der Waals surface area (Å²) in [4.78, 5) is 13.8. The summed E-state index contributed by atoms with van der Waals surface area (Å²) < 4.78 is 27.9. The van der Waals surface area contributed by atoms with Gasteiger partial charge < -0.3 is 10.2 Å². The molecule has 0 atom stereocenters. The van der Waals surface area contributed by atoms with Gasteiger partial charge in [-0.15, -0.1) is 0 Å². The number of aryl methyl sites for hydroxylation is 1. The maximum absolute atomic E-state index is 12.6. The van der Waals surface area contributed by atoms with E-state index in [9.17, 15) is 13.2 Å². The highest BCUT2D eigenvalue weighted by atomic mass is 32.2. The molecule has 138 valence electrons. The van der Waals surface area contributed by atoms with Gasteiger partial charge in [-0.05, 0) is 54.3 Å². The van der Waals surface area contributed by atoms with Crippen LogP contribution in [0.1, 0.15) is 24.0 Å². The molecule has 0 aliphatic carbocycles. The van der Waals surface area contributed by atoms with Gasteiger partial charge in [-0.3, -0.25) is 4.79 Å². The van der Waals surface area contributed by atoms with E-state index in [1.807, 2.05) is 43.3 Å². The summed E-state index contributed by atoms with van der Waals surface area (Å²) in [6.07, 6.45) is 1.86. The van der Waals surface area contributed by atoms with E-state index in [2.05, 4.69) is 10.0 Å². The summed E-state index contributed by atoms with van der Waals surface area (Å²) in [6.45, 7) is 0.226. The van der Waals surface area contributed by atoms with Crippen LogP contribution in [-0.2, 0) is 27.8 Å². The maximum atomic E-state index is 12.6. The number of benzene rings is 2. The van der Waals surface area contributed by atoms with E-state index in [-0.39, 0.29) is 17.3 Å².